The molecule has 2 atom stereocenters. The van der Waals surface area contributed by atoms with Crippen molar-refractivity contribution in [3.05, 3.63) is 0 Å². The molecule has 106 valence electrons. The van der Waals surface area contributed by atoms with Crippen molar-refractivity contribution in [2.75, 3.05) is 26.3 Å². The molecule has 3 saturated heterocycles. The first-order chi connectivity index (χ1) is 9.12. The SMILES string of the molecule is CCC1(CC)C(=O)N(CC2CO2)C(=O)N1CC1CO1. The minimum absolute atomic E-state index is 0.0384. The van der Waals surface area contributed by atoms with Gasteiger partial charge in [0.25, 0.3) is 5.91 Å². The minimum atomic E-state index is -0.683. The zero-order valence-corrected chi connectivity index (χ0v) is 11.4. The summed E-state index contributed by atoms with van der Waals surface area (Å²) in [7, 11) is 0. The lowest BCUT2D eigenvalue weighted by molar-refractivity contribution is -0.133. The van der Waals surface area contributed by atoms with E-state index in [-0.39, 0.29) is 24.1 Å². The van der Waals surface area contributed by atoms with Gasteiger partial charge in [-0.25, -0.2) is 4.79 Å². The van der Waals surface area contributed by atoms with Crippen LogP contribution in [0.2, 0.25) is 0 Å². The van der Waals surface area contributed by atoms with Crippen LogP contribution in [-0.4, -0.2) is 65.8 Å². The summed E-state index contributed by atoms with van der Waals surface area (Å²) in [6.07, 6.45) is 1.42. The number of epoxide rings is 2. The van der Waals surface area contributed by atoms with Crippen molar-refractivity contribution in [2.24, 2.45) is 0 Å². The van der Waals surface area contributed by atoms with Gasteiger partial charge in [-0.1, -0.05) is 13.8 Å². The molecule has 0 aliphatic carbocycles. The van der Waals surface area contributed by atoms with E-state index in [4.69, 9.17) is 9.47 Å². The first-order valence-electron chi connectivity index (χ1n) is 6.99. The van der Waals surface area contributed by atoms with Crippen LogP contribution in [0.15, 0.2) is 0 Å². The Morgan fingerprint density at radius 1 is 1.11 bits per heavy atom. The van der Waals surface area contributed by atoms with E-state index in [9.17, 15) is 9.59 Å². The maximum absolute atomic E-state index is 12.6. The first kappa shape index (κ1) is 12.9. The highest BCUT2D eigenvalue weighted by atomic mass is 16.6. The molecule has 3 amide bonds. The molecular weight excluding hydrogens is 248 g/mol. The maximum atomic E-state index is 12.6. The fourth-order valence-electron chi connectivity index (χ4n) is 2.88. The number of carbonyl (C=O) groups is 2. The van der Waals surface area contributed by atoms with Crippen LogP contribution in [-0.2, 0) is 14.3 Å². The van der Waals surface area contributed by atoms with Crippen LogP contribution < -0.4 is 0 Å². The zero-order valence-electron chi connectivity index (χ0n) is 11.4. The van der Waals surface area contributed by atoms with Crippen LogP contribution in [0.3, 0.4) is 0 Å². The fraction of sp³-hybridized carbons (Fsp3) is 0.846. The number of ether oxygens (including phenoxy) is 2. The van der Waals surface area contributed by atoms with Crippen molar-refractivity contribution in [2.45, 2.75) is 44.4 Å². The van der Waals surface area contributed by atoms with Gasteiger partial charge in [-0.2, -0.15) is 0 Å². The molecule has 0 spiro atoms. The first-order valence-corrected chi connectivity index (χ1v) is 6.99. The topological polar surface area (TPSA) is 65.7 Å². The number of imide groups is 1. The van der Waals surface area contributed by atoms with Crippen molar-refractivity contribution in [1.82, 2.24) is 9.80 Å². The second-order valence-electron chi connectivity index (χ2n) is 5.46. The normalized spacial score (nSPS) is 32.1. The number of amides is 3. The lowest BCUT2D eigenvalue weighted by Gasteiger charge is -2.33. The average molecular weight is 268 g/mol. The Morgan fingerprint density at radius 2 is 1.63 bits per heavy atom. The molecule has 0 aromatic heterocycles. The van der Waals surface area contributed by atoms with E-state index < -0.39 is 5.54 Å². The maximum Gasteiger partial charge on any atom is 0.327 e. The van der Waals surface area contributed by atoms with E-state index in [0.29, 0.717) is 39.1 Å². The van der Waals surface area contributed by atoms with Crippen LogP contribution in [0.5, 0.6) is 0 Å². The van der Waals surface area contributed by atoms with E-state index in [1.165, 1.54) is 4.90 Å². The molecule has 0 N–H and O–H groups in total. The van der Waals surface area contributed by atoms with Gasteiger partial charge in [0.15, 0.2) is 0 Å². The predicted molar refractivity (Wildman–Crippen MR) is 66.6 cm³/mol. The van der Waals surface area contributed by atoms with Gasteiger partial charge in [-0.15, -0.1) is 0 Å². The summed E-state index contributed by atoms with van der Waals surface area (Å²) < 4.78 is 10.4. The van der Waals surface area contributed by atoms with Crippen LogP contribution in [0.25, 0.3) is 0 Å². The summed E-state index contributed by atoms with van der Waals surface area (Å²) in [5.41, 5.74) is -0.683. The molecule has 2 unspecified atom stereocenters. The van der Waals surface area contributed by atoms with Gasteiger partial charge in [0, 0.05) is 0 Å². The Morgan fingerprint density at radius 3 is 2.11 bits per heavy atom. The second kappa shape index (κ2) is 4.45. The molecule has 19 heavy (non-hydrogen) atoms. The van der Waals surface area contributed by atoms with E-state index in [2.05, 4.69) is 0 Å². The number of hydrogen-bond acceptors (Lipinski definition) is 4. The molecule has 6 heteroatoms. The van der Waals surface area contributed by atoms with Crippen molar-refractivity contribution in [3.8, 4) is 0 Å². The Balaban J connectivity index is 1.85. The third kappa shape index (κ3) is 2.03. The lowest BCUT2D eigenvalue weighted by Crippen LogP contribution is -2.50. The third-order valence-electron chi connectivity index (χ3n) is 4.37. The van der Waals surface area contributed by atoms with Crippen LogP contribution in [0.4, 0.5) is 4.79 Å². The standard InChI is InChI=1S/C13H20N2O4/c1-3-13(4-2)11(16)14(5-9-7-18-9)12(17)15(13)6-10-8-19-10/h9-10H,3-8H2,1-2H3. The molecule has 0 aromatic carbocycles. The number of nitrogens with zero attached hydrogens (tertiary/aromatic N) is 2. The zero-order chi connectivity index (χ0) is 13.6. The minimum Gasteiger partial charge on any atom is -0.371 e. The van der Waals surface area contributed by atoms with E-state index in [1.54, 1.807) is 4.90 Å². The largest absolute Gasteiger partial charge is 0.371 e. The van der Waals surface area contributed by atoms with E-state index in [0.717, 1.165) is 0 Å². The van der Waals surface area contributed by atoms with Crippen LogP contribution in [0, 0.1) is 0 Å². The predicted octanol–water partition coefficient (Wildman–Crippen LogP) is 0.607. The van der Waals surface area contributed by atoms with Gasteiger partial charge >= 0.3 is 6.03 Å². The smallest absolute Gasteiger partial charge is 0.327 e. The molecule has 3 aliphatic rings. The molecular formula is C13H20N2O4. The summed E-state index contributed by atoms with van der Waals surface area (Å²) in [6, 6.07) is -0.181. The molecule has 0 saturated carbocycles. The van der Waals surface area contributed by atoms with Gasteiger partial charge in [0.2, 0.25) is 0 Å². The van der Waals surface area contributed by atoms with Crippen molar-refractivity contribution < 1.29 is 19.1 Å². The summed E-state index contributed by atoms with van der Waals surface area (Å²) in [5.74, 6) is -0.0707. The monoisotopic (exact) mass is 268 g/mol. The Bertz CT molecular complexity index is 399. The Kier molecular flexibility index (Phi) is 3.02. The van der Waals surface area contributed by atoms with Gasteiger partial charge < -0.3 is 14.4 Å². The molecule has 3 heterocycles. The quantitative estimate of drug-likeness (QED) is 0.523. The Hall–Kier alpha value is -1.14. The highest BCUT2D eigenvalue weighted by Gasteiger charge is 2.56. The molecule has 3 rings (SSSR count). The summed E-state index contributed by atoms with van der Waals surface area (Å²) in [5, 5.41) is 0. The fourth-order valence-corrected chi connectivity index (χ4v) is 2.88. The summed E-state index contributed by atoms with van der Waals surface area (Å²) in [4.78, 5) is 28.2. The number of urea groups is 1. The molecule has 0 bridgehead atoms. The molecule has 3 fully saturated rings. The van der Waals surface area contributed by atoms with E-state index >= 15 is 0 Å². The van der Waals surface area contributed by atoms with Crippen LogP contribution in [0.1, 0.15) is 26.7 Å². The van der Waals surface area contributed by atoms with Crippen LogP contribution >= 0.6 is 0 Å². The van der Waals surface area contributed by atoms with E-state index in [1.807, 2.05) is 13.8 Å². The molecule has 0 aromatic rings. The van der Waals surface area contributed by atoms with Gasteiger partial charge in [-0.3, -0.25) is 9.69 Å². The highest BCUT2D eigenvalue weighted by Crippen LogP contribution is 2.36. The van der Waals surface area contributed by atoms with Gasteiger partial charge in [0.05, 0.1) is 38.5 Å². The van der Waals surface area contributed by atoms with Crippen molar-refractivity contribution in [1.29, 1.82) is 0 Å². The average Bonchev–Trinajstić information content (AvgIpc) is 3.29. The number of rotatable bonds is 6. The van der Waals surface area contributed by atoms with Crippen molar-refractivity contribution >= 4 is 11.9 Å². The molecule has 3 aliphatic heterocycles. The third-order valence-corrected chi connectivity index (χ3v) is 4.37. The Labute approximate surface area is 112 Å². The second-order valence-corrected chi connectivity index (χ2v) is 5.46. The van der Waals surface area contributed by atoms with Gasteiger partial charge in [-0.05, 0) is 12.8 Å². The lowest BCUT2D eigenvalue weighted by atomic mass is 9.91. The highest BCUT2D eigenvalue weighted by molar-refractivity contribution is 6.07. The molecule has 0 radical (unpaired) electrons. The van der Waals surface area contributed by atoms with Crippen molar-refractivity contribution in [3.63, 3.8) is 0 Å². The number of carbonyl (C=O) groups excluding carboxylic acids is 2. The van der Waals surface area contributed by atoms with Gasteiger partial charge in [0.1, 0.15) is 5.54 Å². The summed E-state index contributed by atoms with van der Waals surface area (Å²) >= 11 is 0. The summed E-state index contributed by atoms with van der Waals surface area (Å²) in [6.45, 7) is 6.18. The number of hydrogen-bond donors (Lipinski definition) is 0. The molecule has 6 nitrogen and oxygen atoms in total.